The topological polar surface area (TPSA) is 335 Å². The summed E-state index contributed by atoms with van der Waals surface area (Å²) < 4.78 is 89.5. The minimum absolute atomic E-state index is 0.627. The summed E-state index contributed by atoms with van der Waals surface area (Å²) in [6.07, 6.45) is -25.7. The molecule has 0 aromatic carbocycles. The molecule has 27 heteroatoms. The van der Waals surface area contributed by atoms with E-state index in [1.165, 1.54) is 0 Å². The number of esters is 11. The zero-order valence-corrected chi connectivity index (χ0v) is 38.3. The Morgan fingerprint density at radius 1 is 0.269 bits per heavy atom. The van der Waals surface area contributed by atoms with Gasteiger partial charge in [-0.3, -0.25) is 52.7 Å². The van der Waals surface area contributed by atoms with Crippen LogP contribution < -0.4 is 0 Å². The lowest BCUT2D eigenvalue weighted by atomic mass is 9.96. The third kappa shape index (κ3) is 17.0. The molecule has 0 spiro atoms. The first-order chi connectivity index (χ1) is 31.3. The van der Waals surface area contributed by atoms with Crippen molar-refractivity contribution in [2.75, 3.05) is 19.8 Å². The van der Waals surface area contributed by atoms with Crippen molar-refractivity contribution >= 4 is 65.7 Å². The van der Waals surface area contributed by atoms with Crippen LogP contribution in [-0.4, -0.2) is 178 Å². The van der Waals surface area contributed by atoms with Crippen molar-refractivity contribution in [1.29, 1.82) is 0 Å². The third-order valence-electron chi connectivity index (χ3n) is 9.07. The maximum atomic E-state index is 12.6. The van der Waals surface area contributed by atoms with Gasteiger partial charge in [-0.15, -0.1) is 0 Å². The van der Waals surface area contributed by atoms with Crippen molar-refractivity contribution in [2.45, 2.75) is 168 Å². The molecular weight excluding hydrogens is 912 g/mol. The SMILES string of the molecule is CC(=O)OC[C@H]1O[C@@H](OC[C@H]2O[C@@H](OC[C@H]3O[C@@H](OC(C)=O)[C@H](OC(C)=O)[C@@H](OC(C)=O)[C@@H]3OC(C)=O)[C@H](OC(C)=O)[C@@H](OC(C)=O)[C@@H]2OC(C)=O)[C@H](OC(C)=O)[C@@H](OC(C)=O)[C@H]1OC(C)=O. The van der Waals surface area contributed by atoms with E-state index in [1.54, 1.807) is 0 Å². The molecule has 3 rings (SSSR count). The molecular formula is C40H54O27. The van der Waals surface area contributed by atoms with Gasteiger partial charge in [0, 0.05) is 76.2 Å². The molecule has 376 valence electrons. The van der Waals surface area contributed by atoms with Crippen LogP contribution in [-0.2, 0) is 129 Å². The van der Waals surface area contributed by atoms with Crippen LogP contribution in [0.3, 0.4) is 0 Å². The predicted molar refractivity (Wildman–Crippen MR) is 206 cm³/mol. The lowest BCUT2D eigenvalue weighted by Crippen LogP contribution is -2.65. The van der Waals surface area contributed by atoms with Gasteiger partial charge in [0.1, 0.15) is 24.9 Å². The Morgan fingerprint density at radius 2 is 0.493 bits per heavy atom. The van der Waals surface area contributed by atoms with Crippen LogP contribution in [0.15, 0.2) is 0 Å². The van der Waals surface area contributed by atoms with Gasteiger partial charge in [0.05, 0.1) is 13.2 Å². The molecule has 0 bridgehead atoms. The highest BCUT2D eigenvalue weighted by Gasteiger charge is 2.57. The number of hydrogen-bond acceptors (Lipinski definition) is 27. The third-order valence-corrected chi connectivity index (χ3v) is 9.07. The maximum Gasteiger partial charge on any atom is 0.305 e. The first-order valence-electron chi connectivity index (χ1n) is 20.3. The fourth-order valence-electron chi connectivity index (χ4n) is 7.07. The summed E-state index contributed by atoms with van der Waals surface area (Å²) in [6, 6.07) is 0. The number of carbonyl (C=O) groups is 11. The van der Waals surface area contributed by atoms with Gasteiger partial charge in [-0.25, -0.2) is 0 Å². The Hall–Kier alpha value is -6.03. The standard InChI is InChI=1S/C40H54O27/c1-15(41)52-12-26-29(55-16(2)42)32(58-19(5)45)35(61-22(8)48)38(65-26)53-13-27-30(56-17(3)43)33(59-20(6)46)36(62-23(9)49)39(66-27)54-14-28-31(57-18(4)44)34(60-21(7)47)37(63-24(10)50)40(67-28)64-25(11)51/h26-40H,12-14H2,1-11H3/t26-,27-,28-,29+,30-,31-,32+,33+,34+,35-,36-,37-,38-,39-,40-/m1/s1. The van der Waals surface area contributed by atoms with Gasteiger partial charge in [0.25, 0.3) is 0 Å². The van der Waals surface area contributed by atoms with Crippen LogP contribution >= 0.6 is 0 Å². The van der Waals surface area contributed by atoms with E-state index in [9.17, 15) is 52.7 Å². The van der Waals surface area contributed by atoms with Crippen molar-refractivity contribution in [2.24, 2.45) is 0 Å². The Morgan fingerprint density at radius 3 is 0.761 bits per heavy atom. The molecule has 0 saturated carbocycles. The molecule has 0 aromatic heterocycles. The van der Waals surface area contributed by atoms with Crippen molar-refractivity contribution < 1.29 is 129 Å². The smallest absolute Gasteiger partial charge is 0.305 e. The molecule has 3 aliphatic heterocycles. The second-order valence-electron chi connectivity index (χ2n) is 14.9. The van der Waals surface area contributed by atoms with E-state index in [0.717, 1.165) is 76.2 Å². The zero-order chi connectivity index (χ0) is 50.4. The normalized spacial score (nSPS) is 31.2. The van der Waals surface area contributed by atoms with E-state index < -0.39 is 178 Å². The van der Waals surface area contributed by atoms with Crippen LogP contribution in [0.5, 0.6) is 0 Å². The van der Waals surface area contributed by atoms with E-state index in [0.29, 0.717) is 0 Å². The molecule has 0 amide bonds. The number of ether oxygens (including phenoxy) is 16. The van der Waals surface area contributed by atoms with Gasteiger partial charge in [-0.2, -0.15) is 0 Å². The highest BCUT2D eigenvalue weighted by Crippen LogP contribution is 2.35. The van der Waals surface area contributed by atoms with E-state index in [1.807, 2.05) is 0 Å². The Balaban J connectivity index is 2.15. The van der Waals surface area contributed by atoms with Crippen LogP contribution in [0.1, 0.15) is 76.2 Å². The molecule has 15 atom stereocenters. The first kappa shape index (κ1) is 55.3. The van der Waals surface area contributed by atoms with E-state index in [4.69, 9.17) is 75.8 Å². The minimum Gasteiger partial charge on any atom is -0.463 e. The molecule has 3 heterocycles. The summed E-state index contributed by atoms with van der Waals surface area (Å²) in [6.45, 7) is 8.63. The van der Waals surface area contributed by atoms with Crippen LogP contribution in [0.25, 0.3) is 0 Å². The van der Waals surface area contributed by atoms with Gasteiger partial charge in [-0.05, 0) is 0 Å². The van der Waals surface area contributed by atoms with Gasteiger partial charge in [-0.1, -0.05) is 0 Å². The molecule has 67 heavy (non-hydrogen) atoms. The summed E-state index contributed by atoms with van der Waals surface area (Å²) in [5.74, 6) is -10.5. The summed E-state index contributed by atoms with van der Waals surface area (Å²) in [7, 11) is 0. The van der Waals surface area contributed by atoms with E-state index >= 15 is 0 Å². The monoisotopic (exact) mass is 966 g/mol. The Bertz CT molecular complexity index is 1850. The molecule has 0 aliphatic carbocycles. The maximum absolute atomic E-state index is 12.6. The van der Waals surface area contributed by atoms with Gasteiger partial charge >= 0.3 is 65.7 Å². The van der Waals surface area contributed by atoms with Gasteiger partial charge in [0.2, 0.25) is 12.4 Å². The van der Waals surface area contributed by atoms with Crippen molar-refractivity contribution in [3.8, 4) is 0 Å². The summed E-state index contributed by atoms with van der Waals surface area (Å²) >= 11 is 0. The molecule has 27 nitrogen and oxygen atoms in total. The van der Waals surface area contributed by atoms with E-state index in [-0.39, 0.29) is 0 Å². The zero-order valence-electron chi connectivity index (χ0n) is 38.3. The molecule has 0 unspecified atom stereocenters. The lowest BCUT2D eigenvalue weighted by molar-refractivity contribution is -0.343. The highest BCUT2D eigenvalue weighted by molar-refractivity contribution is 5.71. The molecule has 0 N–H and O–H groups in total. The Kier molecular flexibility index (Phi) is 20.8. The van der Waals surface area contributed by atoms with Gasteiger partial charge in [0.15, 0.2) is 61.4 Å². The molecule has 0 radical (unpaired) electrons. The van der Waals surface area contributed by atoms with Crippen LogP contribution in [0.2, 0.25) is 0 Å². The van der Waals surface area contributed by atoms with Crippen LogP contribution in [0.4, 0.5) is 0 Å². The fraction of sp³-hybridized carbons (Fsp3) is 0.725. The highest BCUT2D eigenvalue weighted by atomic mass is 16.8. The molecule has 0 aromatic rings. The number of carbonyl (C=O) groups excluding carboxylic acids is 11. The molecule has 3 saturated heterocycles. The van der Waals surface area contributed by atoms with E-state index in [2.05, 4.69) is 0 Å². The number of hydrogen-bond donors (Lipinski definition) is 0. The predicted octanol–water partition coefficient (Wildman–Crippen LogP) is -1.29. The number of rotatable bonds is 18. The first-order valence-corrected chi connectivity index (χ1v) is 20.3. The second-order valence-corrected chi connectivity index (χ2v) is 14.9. The fourth-order valence-corrected chi connectivity index (χ4v) is 7.07. The summed E-state index contributed by atoms with van der Waals surface area (Å²) in [5.41, 5.74) is 0. The van der Waals surface area contributed by atoms with Gasteiger partial charge < -0.3 is 75.8 Å². The van der Waals surface area contributed by atoms with Crippen LogP contribution in [0, 0.1) is 0 Å². The average Bonchev–Trinajstić information content (AvgIpc) is 3.17. The molecule has 3 aliphatic rings. The lowest BCUT2D eigenvalue weighted by Gasteiger charge is -2.47. The average molecular weight is 967 g/mol. The quantitative estimate of drug-likeness (QED) is 0.114. The largest absolute Gasteiger partial charge is 0.463 e. The Labute approximate surface area is 382 Å². The summed E-state index contributed by atoms with van der Waals surface area (Å²) in [5, 5.41) is 0. The minimum atomic E-state index is -1.91. The molecule has 3 fully saturated rings. The van der Waals surface area contributed by atoms with Crippen molar-refractivity contribution in [1.82, 2.24) is 0 Å². The second kappa shape index (κ2) is 25.2. The summed E-state index contributed by atoms with van der Waals surface area (Å²) in [4.78, 5) is 136. The van der Waals surface area contributed by atoms with Crippen molar-refractivity contribution in [3.63, 3.8) is 0 Å². The van der Waals surface area contributed by atoms with Crippen molar-refractivity contribution in [3.05, 3.63) is 0 Å².